The van der Waals surface area contributed by atoms with Crippen LogP contribution in [0, 0.1) is 6.92 Å². The predicted molar refractivity (Wildman–Crippen MR) is 71.9 cm³/mol. The van der Waals surface area contributed by atoms with Crippen LogP contribution < -0.4 is 0 Å². The van der Waals surface area contributed by atoms with E-state index in [0.717, 1.165) is 16.7 Å². The summed E-state index contributed by atoms with van der Waals surface area (Å²) in [6, 6.07) is 5.74. The molecule has 0 bridgehead atoms. The van der Waals surface area contributed by atoms with Crippen molar-refractivity contribution in [2.24, 2.45) is 0 Å². The number of aromatic nitrogens is 1. The molecule has 0 spiro atoms. The fourth-order valence-electron chi connectivity index (χ4n) is 1.82. The van der Waals surface area contributed by atoms with Crippen LogP contribution in [0.5, 0.6) is 0 Å². The second-order valence-electron chi connectivity index (χ2n) is 5.26. The fourth-order valence-corrected chi connectivity index (χ4v) is 1.82. The van der Waals surface area contributed by atoms with Gasteiger partial charge in [-0.25, -0.2) is 4.98 Å². The number of aryl methyl sites for hydroxylation is 1. The lowest BCUT2D eigenvalue weighted by molar-refractivity contribution is -0.148. The number of aliphatic carboxylic acids is 1. The molecule has 19 heavy (non-hydrogen) atoms. The lowest BCUT2D eigenvalue weighted by Crippen LogP contribution is -2.47. The topological polar surface area (TPSA) is 66.6 Å². The van der Waals surface area contributed by atoms with Crippen molar-refractivity contribution >= 4 is 17.1 Å². The van der Waals surface area contributed by atoms with Gasteiger partial charge in [0, 0.05) is 13.5 Å². The highest BCUT2D eigenvalue weighted by molar-refractivity contribution is 5.77. The first kappa shape index (κ1) is 13.5. The van der Waals surface area contributed by atoms with E-state index in [4.69, 9.17) is 4.42 Å². The molecule has 0 saturated heterocycles. The van der Waals surface area contributed by atoms with Crippen LogP contribution in [-0.2, 0) is 11.3 Å². The third kappa shape index (κ3) is 2.61. The summed E-state index contributed by atoms with van der Waals surface area (Å²) < 4.78 is 5.48. The number of benzene rings is 1. The first-order chi connectivity index (χ1) is 8.80. The van der Waals surface area contributed by atoms with Crippen molar-refractivity contribution in [1.29, 1.82) is 0 Å². The van der Waals surface area contributed by atoms with Crippen molar-refractivity contribution in [3.63, 3.8) is 0 Å². The Kier molecular flexibility index (Phi) is 3.32. The number of hydrogen-bond donors (Lipinski definition) is 1. The Bertz CT molecular complexity index is 616. The quantitative estimate of drug-likeness (QED) is 0.916. The van der Waals surface area contributed by atoms with E-state index in [1.54, 1.807) is 32.7 Å². The predicted octanol–water partition coefficient (Wildman–Crippen LogP) is 2.43. The number of fused-ring (bicyclic) bond motifs is 1. The van der Waals surface area contributed by atoms with Gasteiger partial charge in [0.25, 0.3) is 0 Å². The van der Waals surface area contributed by atoms with Crippen molar-refractivity contribution in [2.75, 3.05) is 7.05 Å². The standard InChI is InChI=1S/C14H18N2O3/c1-9-15-11-6-5-10(7-12(11)19-9)8-16(4)14(2,3)13(17)18/h5-7H,8H2,1-4H3,(H,17,18). The third-order valence-corrected chi connectivity index (χ3v) is 3.46. The smallest absolute Gasteiger partial charge is 0.323 e. The van der Waals surface area contributed by atoms with E-state index >= 15 is 0 Å². The molecule has 0 atom stereocenters. The zero-order valence-corrected chi connectivity index (χ0v) is 11.6. The Morgan fingerprint density at radius 2 is 2.16 bits per heavy atom. The minimum absolute atomic E-state index is 0.537. The van der Waals surface area contributed by atoms with Crippen LogP contribution in [0.4, 0.5) is 0 Å². The monoisotopic (exact) mass is 262 g/mol. The van der Waals surface area contributed by atoms with Gasteiger partial charge in [0.05, 0.1) is 0 Å². The SMILES string of the molecule is Cc1nc2ccc(CN(C)C(C)(C)C(=O)O)cc2o1. The Labute approximate surface area is 111 Å². The normalized spacial score (nSPS) is 12.3. The van der Waals surface area contributed by atoms with Gasteiger partial charge in [-0.15, -0.1) is 0 Å². The van der Waals surface area contributed by atoms with E-state index < -0.39 is 11.5 Å². The van der Waals surface area contributed by atoms with Crippen LogP contribution in [-0.4, -0.2) is 33.5 Å². The highest BCUT2D eigenvalue weighted by atomic mass is 16.4. The molecule has 2 aromatic rings. The molecular weight excluding hydrogens is 244 g/mol. The number of nitrogens with zero attached hydrogens (tertiary/aromatic N) is 2. The van der Waals surface area contributed by atoms with Gasteiger partial charge < -0.3 is 9.52 Å². The number of rotatable bonds is 4. The Morgan fingerprint density at radius 1 is 1.47 bits per heavy atom. The van der Waals surface area contributed by atoms with Crippen LogP contribution in [0.15, 0.2) is 22.6 Å². The summed E-state index contributed by atoms with van der Waals surface area (Å²) in [7, 11) is 1.80. The maximum absolute atomic E-state index is 11.2. The van der Waals surface area contributed by atoms with Gasteiger partial charge in [0.15, 0.2) is 11.5 Å². The van der Waals surface area contributed by atoms with Crippen molar-refractivity contribution in [1.82, 2.24) is 9.88 Å². The molecule has 1 aromatic heterocycles. The molecule has 0 unspecified atom stereocenters. The minimum Gasteiger partial charge on any atom is -0.480 e. The molecule has 1 aromatic carbocycles. The molecule has 5 nitrogen and oxygen atoms in total. The van der Waals surface area contributed by atoms with Crippen LogP contribution in [0.2, 0.25) is 0 Å². The van der Waals surface area contributed by atoms with E-state index in [1.807, 2.05) is 18.2 Å². The van der Waals surface area contributed by atoms with Gasteiger partial charge in [-0.3, -0.25) is 9.69 Å². The van der Waals surface area contributed by atoms with Gasteiger partial charge in [0.2, 0.25) is 0 Å². The molecule has 0 radical (unpaired) electrons. The van der Waals surface area contributed by atoms with Crippen LogP contribution >= 0.6 is 0 Å². The first-order valence-corrected chi connectivity index (χ1v) is 6.11. The highest BCUT2D eigenvalue weighted by Crippen LogP contribution is 2.20. The molecule has 0 amide bonds. The van der Waals surface area contributed by atoms with E-state index in [9.17, 15) is 9.90 Å². The molecule has 0 saturated carbocycles. The number of carboxylic acid groups (broad SMARTS) is 1. The van der Waals surface area contributed by atoms with Crippen LogP contribution in [0.3, 0.4) is 0 Å². The molecule has 0 aliphatic rings. The van der Waals surface area contributed by atoms with Crippen molar-refractivity contribution < 1.29 is 14.3 Å². The van der Waals surface area contributed by atoms with Crippen molar-refractivity contribution in [3.05, 3.63) is 29.7 Å². The number of oxazole rings is 1. The molecule has 1 N–H and O–H groups in total. The lowest BCUT2D eigenvalue weighted by Gasteiger charge is -2.31. The molecular formula is C14H18N2O3. The molecule has 0 aliphatic heterocycles. The number of carboxylic acids is 1. The van der Waals surface area contributed by atoms with Crippen molar-refractivity contribution in [2.45, 2.75) is 32.9 Å². The number of hydrogen-bond acceptors (Lipinski definition) is 4. The minimum atomic E-state index is -0.910. The van der Waals surface area contributed by atoms with Crippen molar-refractivity contribution in [3.8, 4) is 0 Å². The maximum atomic E-state index is 11.2. The van der Waals surface area contributed by atoms with Gasteiger partial charge in [-0.1, -0.05) is 6.07 Å². The molecule has 2 rings (SSSR count). The summed E-state index contributed by atoms with van der Waals surface area (Å²) in [5.74, 6) is -0.210. The number of likely N-dealkylation sites (N-methyl/N-ethyl adjacent to an activating group) is 1. The van der Waals surface area contributed by atoms with E-state index in [2.05, 4.69) is 4.98 Å². The zero-order valence-electron chi connectivity index (χ0n) is 11.6. The Morgan fingerprint density at radius 3 is 2.79 bits per heavy atom. The first-order valence-electron chi connectivity index (χ1n) is 6.11. The lowest BCUT2D eigenvalue weighted by atomic mass is 10.0. The second-order valence-corrected chi connectivity index (χ2v) is 5.26. The molecule has 5 heteroatoms. The largest absolute Gasteiger partial charge is 0.480 e. The van der Waals surface area contributed by atoms with E-state index in [0.29, 0.717) is 12.4 Å². The highest BCUT2D eigenvalue weighted by Gasteiger charge is 2.31. The summed E-state index contributed by atoms with van der Waals surface area (Å²) >= 11 is 0. The van der Waals surface area contributed by atoms with Gasteiger partial charge >= 0.3 is 5.97 Å². The average Bonchev–Trinajstić information content (AvgIpc) is 2.68. The Hall–Kier alpha value is -1.88. The molecule has 1 heterocycles. The molecule has 0 aliphatic carbocycles. The number of carbonyl (C=O) groups is 1. The van der Waals surface area contributed by atoms with E-state index in [1.165, 1.54) is 0 Å². The fraction of sp³-hybridized carbons (Fsp3) is 0.429. The molecule has 102 valence electrons. The zero-order chi connectivity index (χ0) is 14.2. The third-order valence-electron chi connectivity index (χ3n) is 3.46. The van der Waals surface area contributed by atoms with Crippen LogP contribution in [0.1, 0.15) is 25.3 Å². The summed E-state index contributed by atoms with van der Waals surface area (Å²) in [6.07, 6.45) is 0. The summed E-state index contributed by atoms with van der Waals surface area (Å²) in [6.45, 7) is 5.72. The molecule has 0 fully saturated rings. The van der Waals surface area contributed by atoms with Gasteiger partial charge in [-0.05, 0) is 38.6 Å². The van der Waals surface area contributed by atoms with Crippen LogP contribution in [0.25, 0.3) is 11.1 Å². The average molecular weight is 262 g/mol. The van der Waals surface area contributed by atoms with Gasteiger partial charge in [-0.2, -0.15) is 0 Å². The summed E-state index contributed by atoms with van der Waals surface area (Å²) in [5.41, 5.74) is 1.64. The summed E-state index contributed by atoms with van der Waals surface area (Å²) in [5, 5.41) is 9.19. The second kappa shape index (κ2) is 4.66. The van der Waals surface area contributed by atoms with Gasteiger partial charge in [0.1, 0.15) is 11.1 Å². The summed E-state index contributed by atoms with van der Waals surface area (Å²) in [4.78, 5) is 17.2. The van der Waals surface area contributed by atoms with E-state index in [-0.39, 0.29) is 0 Å². The maximum Gasteiger partial charge on any atom is 0.323 e. The Balaban J connectivity index is 2.23.